The van der Waals surface area contributed by atoms with E-state index in [0.29, 0.717) is 12.1 Å². The molecular weight excluding hydrogens is 239 g/mol. The third-order valence-corrected chi connectivity index (χ3v) is 3.10. The number of rotatable bonds is 5. The fourth-order valence-electron chi connectivity index (χ4n) is 2.07. The van der Waals surface area contributed by atoms with E-state index in [1.807, 2.05) is 25.1 Å². The Morgan fingerprint density at radius 1 is 1.21 bits per heavy atom. The predicted octanol–water partition coefficient (Wildman–Crippen LogP) is 3.70. The Balaban J connectivity index is 2.22. The molecule has 19 heavy (non-hydrogen) atoms. The van der Waals surface area contributed by atoms with Crippen molar-refractivity contribution in [2.75, 3.05) is 6.54 Å². The van der Waals surface area contributed by atoms with Gasteiger partial charge in [-0.25, -0.2) is 4.39 Å². The summed E-state index contributed by atoms with van der Waals surface area (Å²) in [4.78, 5) is 4.04. The monoisotopic (exact) mass is 258 g/mol. The minimum atomic E-state index is -0.176. The lowest BCUT2D eigenvalue weighted by atomic mass is 10.0. The maximum Gasteiger partial charge on any atom is 0.131 e. The molecule has 3 heteroatoms. The third-order valence-electron chi connectivity index (χ3n) is 3.10. The summed E-state index contributed by atoms with van der Waals surface area (Å²) in [7, 11) is 0. The fourth-order valence-corrected chi connectivity index (χ4v) is 2.07. The minimum Gasteiger partial charge on any atom is -0.313 e. The van der Waals surface area contributed by atoms with Gasteiger partial charge in [-0.3, -0.25) is 4.98 Å². The summed E-state index contributed by atoms with van der Waals surface area (Å²) in [5.74, 6) is -0.176. The van der Waals surface area contributed by atoms with Gasteiger partial charge in [0, 0.05) is 24.5 Å². The van der Waals surface area contributed by atoms with Crippen molar-refractivity contribution in [1.82, 2.24) is 10.3 Å². The van der Waals surface area contributed by atoms with Crippen molar-refractivity contribution in [1.29, 1.82) is 0 Å². The van der Waals surface area contributed by atoms with Gasteiger partial charge in [-0.1, -0.05) is 19.1 Å². The molecule has 2 nitrogen and oxygen atoms in total. The maximum absolute atomic E-state index is 14.2. The topological polar surface area (TPSA) is 24.9 Å². The predicted molar refractivity (Wildman–Crippen MR) is 76.4 cm³/mol. The summed E-state index contributed by atoms with van der Waals surface area (Å²) in [5.41, 5.74) is 3.50. The lowest BCUT2D eigenvalue weighted by Crippen LogP contribution is -2.13. The van der Waals surface area contributed by atoms with Gasteiger partial charge < -0.3 is 5.32 Å². The lowest BCUT2D eigenvalue weighted by molar-refractivity contribution is 0.622. The highest BCUT2D eigenvalue weighted by Gasteiger charge is 2.08. The number of nitrogens with one attached hydrogen (secondary N) is 1. The highest BCUT2D eigenvalue weighted by molar-refractivity contribution is 5.67. The SMILES string of the molecule is CCCNCc1ccc(-c2ccncc2C)c(F)c1. The van der Waals surface area contributed by atoms with Crippen LogP contribution >= 0.6 is 0 Å². The van der Waals surface area contributed by atoms with Gasteiger partial charge in [0.05, 0.1) is 0 Å². The summed E-state index contributed by atoms with van der Waals surface area (Å²) >= 11 is 0. The maximum atomic E-state index is 14.2. The van der Waals surface area contributed by atoms with Crippen LogP contribution in [0.3, 0.4) is 0 Å². The number of hydrogen-bond acceptors (Lipinski definition) is 2. The van der Waals surface area contributed by atoms with Gasteiger partial charge in [-0.05, 0) is 48.7 Å². The second-order valence-electron chi connectivity index (χ2n) is 4.68. The molecule has 0 radical (unpaired) electrons. The molecule has 0 bridgehead atoms. The van der Waals surface area contributed by atoms with E-state index in [2.05, 4.69) is 17.2 Å². The zero-order valence-electron chi connectivity index (χ0n) is 11.4. The average Bonchev–Trinajstić information content (AvgIpc) is 2.40. The summed E-state index contributed by atoms with van der Waals surface area (Å²) in [6, 6.07) is 7.28. The zero-order chi connectivity index (χ0) is 13.7. The van der Waals surface area contributed by atoms with Gasteiger partial charge >= 0.3 is 0 Å². The second kappa shape index (κ2) is 6.43. The Hall–Kier alpha value is -1.74. The molecule has 1 N–H and O–H groups in total. The highest BCUT2D eigenvalue weighted by Crippen LogP contribution is 2.25. The molecule has 0 atom stereocenters. The second-order valence-corrected chi connectivity index (χ2v) is 4.68. The van der Waals surface area contributed by atoms with Crippen molar-refractivity contribution in [2.24, 2.45) is 0 Å². The number of aryl methyl sites for hydroxylation is 1. The van der Waals surface area contributed by atoms with E-state index in [4.69, 9.17) is 0 Å². The van der Waals surface area contributed by atoms with Crippen LogP contribution in [0.1, 0.15) is 24.5 Å². The van der Waals surface area contributed by atoms with Crippen LogP contribution in [0.25, 0.3) is 11.1 Å². The average molecular weight is 258 g/mol. The van der Waals surface area contributed by atoms with Crippen LogP contribution in [-0.2, 0) is 6.54 Å². The fraction of sp³-hybridized carbons (Fsp3) is 0.312. The van der Waals surface area contributed by atoms with E-state index in [1.54, 1.807) is 18.5 Å². The van der Waals surface area contributed by atoms with Crippen molar-refractivity contribution in [3.63, 3.8) is 0 Å². The molecule has 2 aromatic rings. The molecule has 0 fully saturated rings. The van der Waals surface area contributed by atoms with Crippen LogP contribution < -0.4 is 5.32 Å². The van der Waals surface area contributed by atoms with Gasteiger partial charge in [0.25, 0.3) is 0 Å². The summed E-state index contributed by atoms with van der Waals surface area (Å²) in [6.45, 7) is 5.72. The van der Waals surface area contributed by atoms with Crippen LogP contribution in [0.4, 0.5) is 4.39 Å². The smallest absolute Gasteiger partial charge is 0.131 e. The minimum absolute atomic E-state index is 0.176. The number of pyridine rings is 1. The molecule has 0 aliphatic rings. The van der Waals surface area contributed by atoms with E-state index in [1.165, 1.54) is 0 Å². The van der Waals surface area contributed by atoms with Crippen molar-refractivity contribution < 1.29 is 4.39 Å². The Morgan fingerprint density at radius 3 is 2.74 bits per heavy atom. The lowest BCUT2D eigenvalue weighted by Gasteiger charge is -2.09. The van der Waals surface area contributed by atoms with Gasteiger partial charge in [0.1, 0.15) is 5.82 Å². The van der Waals surface area contributed by atoms with Crippen molar-refractivity contribution in [3.05, 3.63) is 53.6 Å². The first-order valence-corrected chi connectivity index (χ1v) is 6.62. The van der Waals surface area contributed by atoms with Gasteiger partial charge in [-0.2, -0.15) is 0 Å². The Morgan fingerprint density at radius 2 is 2.05 bits per heavy atom. The first-order chi connectivity index (χ1) is 9.22. The molecule has 0 spiro atoms. The quantitative estimate of drug-likeness (QED) is 0.827. The summed E-state index contributed by atoms with van der Waals surface area (Å²) < 4.78 is 14.2. The van der Waals surface area contributed by atoms with Crippen molar-refractivity contribution >= 4 is 0 Å². The largest absolute Gasteiger partial charge is 0.313 e. The van der Waals surface area contributed by atoms with E-state index in [-0.39, 0.29) is 5.82 Å². The molecule has 0 amide bonds. The Bertz CT molecular complexity index is 552. The van der Waals surface area contributed by atoms with Gasteiger partial charge in [0.2, 0.25) is 0 Å². The number of halogens is 1. The standard InChI is InChI=1S/C16H19FN2/c1-3-7-18-11-13-4-5-15(16(17)9-13)14-6-8-19-10-12(14)2/h4-6,8-10,18H,3,7,11H2,1-2H3. The van der Waals surface area contributed by atoms with Gasteiger partial charge in [-0.15, -0.1) is 0 Å². The molecule has 0 aliphatic carbocycles. The normalized spacial score (nSPS) is 10.7. The Labute approximate surface area is 113 Å². The van der Waals surface area contributed by atoms with Crippen molar-refractivity contribution in [3.8, 4) is 11.1 Å². The number of benzene rings is 1. The van der Waals surface area contributed by atoms with Crippen LogP contribution in [0.5, 0.6) is 0 Å². The van der Waals surface area contributed by atoms with Crippen LogP contribution in [0.15, 0.2) is 36.7 Å². The molecule has 0 saturated heterocycles. The number of aromatic nitrogens is 1. The molecule has 2 rings (SSSR count). The van der Waals surface area contributed by atoms with Gasteiger partial charge in [0.15, 0.2) is 0 Å². The molecular formula is C16H19FN2. The Kier molecular flexibility index (Phi) is 4.63. The highest BCUT2D eigenvalue weighted by atomic mass is 19.1. The molecule has 1 aromatic heterocycles. The van der Waals surface area contributed by atoms with E-state index in [9.17, 15) is 4.39 Å². The molecule has 0 saturated carbocycles. The summed E-state index contributed by atoms with van der Waals surface area (Å²) in [5, 5.41) is 3.27. The number of nitrogens with zero attached hydrogens (tertiary/aromatic N) is 1. The zero-order valence-corrected chi connectivity index (χ0v) is 11.4. The van der Waals surface area contributed by atoms with Crippen LogP contribution in [0.2, 0.25) is 0 Å². The number of hydrogen-bond donors (Lipinski definition) is 1. The molecule has 1 aromatic carbocycles. The van der Waals surface area contributed by atoms with Crippen molar-refractivity contribution in [2.45, 2.75) is 26.8 Å². The first kappa shape index (κ1) is 13.7. The first-order valence-electron chi connectivity index (χ1n) is 6.62. The molecule has 100 valence electrons. The molecule has 1 heterocycles. The summed E-state index contributed by atoms with van der Waals surface area (Å²) in [6.07, 6.45) is 4.53. The molecule has 0 aliphatic heterocycles. The molecule has 0 unspecified atom stereocenters. The van der Waals surface area contributed by atoms with E-state index < -0.39 is 0 Å². The van der Waals surface area contributed by atoms with Crippen LogP contribution in [0, 0.1) is 12.7 Å². The van der Waals surface area contributed by atoms with Crippen LogP contribution in [-0.4, -0.2) is 11.5 Å². The third kappa shape index (κ3) is 3.38. The van der Waals surface area contributed by atoms with E-state index in [0.717, 1.165) is 29.7 Å². The van der Waals surface area contributed by atoms with E-state index >= 15 is 0 Å².